The minimum absolute atomic E-state index is 0.0119. The zero-order valence-corrected chi connectivity index (χ0v) is 12.8. The lowest BCUT2D eigenvalue weighted by Crippen LogP contribution is -2.43. The predicted molar refractivity (Wildman–Crippen MR) is 80.9 cm³/mol. The molecule has 1 aromatic carbocycles. The summed E-state index contributed by atoms with van der Waals surface area (Å²) in [5.41, 5.74) is 2.13. The Hall–Kier alpha value is -1.84. The molecule has 0 heterocycles. The molecule has 0 spiro atoms. The van der Waals surface area contributed by atoms with Crippen LogP contribution in [0.3, 0.4) is 0 Å². The van der Waals surface area contributed by atoms with E-state index in [1.807, 2.05) is 31.2 Å². The second-order valence-corrected chi connectivity index (χ2v) is 5.70. The molecule has 1 fully saturated rings. The third-order valence-electron chi connectivity index (χ3n) is 4.05. The monoisotopic (exact) mass is 289 g/mol. The highest BCUT2D eigenvalue weighted by Crippen LogP contribution is 2.24. The average Bonchev–Trinajstić information content (AvgIpc) is 2.98. The second-order valence-electron chi connectivity index (χ2n) is 5.70. The molecule has 0 saturated heterocycles. The molecule has 0 bridgehead atoms. The molecule has 4 nitrogen and oxygen atoms in total. The van der Waals surface area contributed by atoms with Gasteiger partial charge in [-0.15, -0.1) is 0 Å². The number of carbonyl (C=O) groups excluding carboxylic acids is 2. The maximum Gasteiger partial charge on any atom is 0.325 e. The number of hydrogen-bond donors (Lipinski definition) is 0. The minimum atomic E-state index is -0.348. The van der Waals surface area contributed by atoms with E-state index in [9.17, 15) is 9.59 Å². The van der Waals surface area contributed by atoms with Crippen LogP contribution in [0, 0.1) is 6.92 Å². The van der Waals surface area contributed by atoms with Crippen molar-refractivity contribution >= 4 is 11.9 Å². The van der Waals surface area contributed by atoms with Crippen LogP contribution < -0.4 is 0 Å². The predicted octanol–water partition coefficient (Wildman–Crippen LogP) is 2.48. The van der Waals surface area contributed by atoms with E-state index < -0.39 is 0 Å². The summed E-state index contributed by atoms with van der Waals surface area (Å²) in [5, 5.41) is 0. The molecule has 2 rings (SSSR count). The van der Waals surface area contributed by atoms with Crippen molar-refractivity contribution in [1.82, 2.24) is 4.90 Å². The first-order valence-electron chi connectivity index (χ1n) is 7.52. The molecule has 1 aliphatic carbocycles. The third-order valence-corrected chi connectivity index (χ3v) is 4.05. The Kier molecular flexibility index (Phi) is 5.37. The van der Waals surface area contributed by atoms with Crippen molar-refractivity contribution in [3.63, 3.8) is 0 Å². The van der Waals surface area contributed by atoms with E-state index in [1.165, 1.54) is 7.11 Å². The van der Waals surface area contributed by atoms with E-state index in [2.05, 4.69) is 0 Å². The summed E-state index contributed by atoms with van der Waals surface area (Å²) < 4.78 is 4.73. The topological polar surface area (TPSA) is 46.6 Å². The lowest BCUT2D eigenvalue weighted by Gasteiger charge is -2.28. The Morgan fingerprint density at radius 2 is 2.00 bits per heavy atom. The van der Waals surface area contributed by atoms with E-state index in [1.54, 1.807) is 4.90 Å². The molecular formula is C17H23NO3. The summed E-state index contributed by atoms with van der Waals surface area (Å²) in [6.45, 7) is 2.07. The third kappa shape index (κ3) is 4.31. The van der Waals surface area contributed by atoms with Gasteiger partial charge in [0.1, 0.15) is 6.54 Å². The van der Waals surface area contributed by atoms with Crippen molar-refractivity contribution in [2.45, 2.75) is 45.1 Å². The van der Waals surface area contributed by atoms with Gasteiger partial charge in [-0.1, -0.05) is 42.7 Å². The smallest absolute Gasteiger partial charge is 0.325 e. The van der Waals surface area contributed by atoms with Gasteiger partial charge in [-0.2, -0.15) is 0 Å². The van der Waals surface area contributed by atoms with Crippen LogP contribution in [0.5, 0.6) is 0 Å². The van der Waals surface area contributed by atoms with Gasteiger partial charge < -0.3 is 9.64 Å². The molecule has 21 heavy (non-hydrogen) atoms. The van der Waals surface area contributed by atoms with Crippen LogP contribution in [0.4, 0.5) is 0 Å². The molecule has 0 unspecified atom stereocenters. The minimum Gasteiger partial charge on any atom is -0.468 e. The first-order chi connectivity index (χ1) is 10.1. The van der Waals surface area contributed by atoms with Crippen molar-refractivity contribution in [1.29, 1.82) is 0 Å². The highest BCUT2D eigenvalue weighted by Gasteiger charge is 2.28. The maximum atomic E-state index is 12.6. The zero-order chi connectivity index (χ0) is 15.2. The largest absolute Gasteiger partial charge is 0.468 e. The van der Waals surface area contributed by atoms with Crippen molar-refractivity contribution < 1.29 is 14.3 Å². The number of rotatable bonds is 5. The Morgan fingerprint density at radius 1 is 1.29 bits per heavy atom. The van der Waals surface area contributed by atoms with E-state index in [4.69, 9.17) is 4.74 Å². The fraction of sp³-hybridized carbons (Fsp3) is 0.529. The molecule has 1 aliphatic rings. The second kappa shape index (κ2) is 7.25. The van der Waals surface area contributed by atoms with E-state index in [-0.39, 0.29) is 24.5 Å². The van der Waals surface area contributed by atoms with Gasteiger partial charge in [-0.3, -0.25) is 9.59 Å². The Labute approximate surface area is 126 Å². The normalized spacial score (nSPS) is 15.0. The quantitative estimate of drug-likeness (QED) is 0.782. The van der Waals surface area contributed by atoms with Crippen LogP contribution in [0.2, 0.25) is 0 Å². The van der Waals surface area contributed by atoms with Crippen LogP contribution in [-0.4, -0.2) is 36.5 Å². The molecule has 0 N–H and O–H groups in total. The number of nitrogens with zero attached hydrogens (tertiary/aromatic N) is 1. The number of methoxy groups -OCH3 is 1. The summed E-state index contributed by atoms with van der Waals surface area (Å²) >= 11 is 0. The van der Waals surface area contributed by atoms with Gasteiger partial charge in [-0.05, 0) is 25.3 Å². The maximum absolute atomic E-state index is 12.6. The van der Waals surface area contributed by atoms with Gasteiger partial charge in [0, 0.05) is 6.04 Å². The number of benzene rings is 1. The molecular weight excluding hydrogens is 266 g/mol. The molecule has 0 radical (unpaired) electrons. The van der Waals surface area contributed by atoms with Gasteiger partial charge in [-0.25, -0.2) is 0 Å². The van der Waals surface area contributed by atoms with Crippen LogP contribution >= 0.6 is 0 Å². The van der Waals surface area contributed by atoms with Crippen molar-refractivity contribution in [2.24, 2.45) is 0 Å². The summed E-state index contributed by atoms with van der Waals surface area (Å²) in [7, 11) is 1.36. The standard InChI is InChI=1S/C17H23NO3/c1-13-6-5-7-14(10-13)11-16(19)18(12-17(20)21-2)15-8-3-4-9-15/h5-7,10,15H,3-4,8-9,11-12H2,1-2H3. The van der Waals surface area contributed by atoms with Gasteiger partial charge in [0.15, 0.2) is 0 Å². The molecule has 0 aliphatic heterocycles. The molecule has 0 aromatic heterocycles. The van der Waals surface area contributed by atoms with E-state index in [0.717, 1.165) is 36.8 Å². The number of ether oxygens (including phenoxy) is 1. The fourth-order valence-electron chi connectivity index (χ4n) is 2.94. The number of esters is 1. The Bertz CT molecular complexity index is 507. The van der Waals surface area contributed by atoms with E-state index in [0.29, 0.717) is 6.42 Å². The number of hydrogen-bond acceptors (Lipinski definition) is 3. The number of amides is 1. The van der Waals surface area contributed by atoms with Gasteiger partial charge in [0.05, 0.1) is 13.5 Å². The van der Waals surface area contributed by atoms with Gasteiger partial charge in [0.25, 0.3) is 0 Å². The SMILES string of the molecule is COC(=O)CN(C(=O)Cc1cccc(C)c1)C1CCCC1. The molecule has 1 saturated carbocycles. The van der Waals surface area contributed by atoms with Crippen LogP contribution in [0.1, 0.15) is 36.8 Å². The van der Waals surface area contributed by atoms with Crippen molar-refractivity contribution in [3.8, 4) is 0 Å². The first-order valence-corrected chi connectivity index (χ1v) is 7.52. The Balaban J connectivity index is 2.07. The zero-order valence-electron chi connectivity index (χ0n) is 12.8. The van der Waals surface area contributed by atoms with Crippen LogP contribution in [0.15, 0.2) is 24.3 Å². The number of aryl methyl sites for hydroxylation is 1. The fourth-order valence-corrected chi connectivity index (χ4v) is 2.94. The van der Waals surface area contributed by atoms with Crippen LogP contribution in [-0.2, 0) is 20.7 Å². The molecule has 0 atom stereocenters. The summed E-state index contributed by atoms with van der Waals surface area (Å²) in [6.07, 6.45) is 4.56. The molecule has 1 amide bonds. The summed E-state index contributed by atoms with van der Waals surface area (Å²) in [4.78, 5) is 25.9. The lowest BCUT2D eigenvalue weighted by molar-refractivity contribution is -0.148. The molecule has 4 heteroatoms. The average molecular weight is 289 g/mol. The lowest BCUT2D eigenvalue weighted by atomic mass is 10.1. The van der Waals surface area contributed by atoms with Gasteiger partial charge in [0.2, 0.25) is 5.91 Å². The van der Waals surface area contributed by atoms with E-state index >= 15 is 0 Å². The van der Waals surface area contributed by atoms with Crippen molar-refractivity contribution in [3.05, 3.63) is 35.4 Å². The number of carbonyl (C=O) groups is 2. The molecule has 114 valence electrons. The van der Waals surface area contributed by atoms with Gasteiger partial charge >= 0.3 is 5.97 Å². The summed E-state index contributed by atoms with van der Waals surface area (Å²) in [6, 6.07) is 8.12. The highest BCUT2D eigenvalue weighted by molar-refractivity contribution is 5.84. The Morgan fingerprint density at radius 3 is 2.62 bits per heavy atom. The summed E-state index contributed by atoms with van der Waals surface area (Å²) in [5.74, 6) is -0.336. The first kappa shape index (κ1) is 15.5. The highest BCUT2D eigenvalue weighted by atomic mass is 16.5. The van der Waals surface area contributed by atoms with Crippen molar-refractivity contribution in [2.75, 3.05) is 13.7 Å². The van der Waals surface area contributed by atoms with Crippen LogP contribution in [0.25, 0.3) is 0 Å². The molecule has 1 aromatic rings.